The van der Waals surface area contributed by atoms with Gasteiger partial charge < -0.3 is 19.5 Å². The van der Waals surface area contributed by atoms with Gasteiger partial charge in [-0.15, -0.1) is 0 Å². The molecule has 1 heterocycles. The second-order valence-electron chi connectivity index (χ2n) is 5.11. The number of nitro benzene ring substituents is 1. The lowest BCUT2D eigenvalue weighted by atomic mass is 10.2. The summed E-state index contributed by atoms with van der Waals surface area (Å²) in [5.74, 6) is 1.26. The van der Waals surface area contributed by atoms with Crippen molar-refractivity contribution in [2.75, 3.05) is 18.7 Å². The zero-order chi connectivity index (χ0) is 17.1. The minimum Gasteiger partial charge on any atom is -0.483 e. The van der Waals surface area contributed by atoms with Gasteiger partial charge in [-0.2, -0.15) is 0 Å². The number of carbonyl (C=O) groups excluding carboxylic acids is 1. The number of aryl methyl sites for hydroxylation is 1. The van der Waals surface area contributed by atoms with Gasteiger partial charge in [-0.05, 0) is 30.7 Å². The number of hydrogen-bond acceptors (Lipinski definition) is 6. The van der Waals surface area contributed by atoms with E-state index in [1.165, 1.54) is 18.2 Å². The Hall–Kier alpha value is -3.29. The second-order valence-corrected chi connectivity index (χ2v) is 5.11. The van der Waals surface area contributed by atoms with Crippen LogP contribution in [-0.4, -0.2) is 24.2 Å². The highest BCUT2D eigenvalue weighted by atomic mass is 16.7. The molecule has 8 nitrogen and oxygen atoms in total. The Kier molecular flexibility index (Phi) is 4.19. The molecule has 124 valence electrons. The quantitative estimate of drug-likeness (QED) is 0.668. The first-order chi connectivity index (χ1) is 11.5. The molecule has 24 heavy (non-hydrogen) atoms. The Morgan fingerprint density at radius 3 is 2.79 bits per heavy atom. The molecule has 1 aliphatic heterocycles. The van der Waals surface area contributed by atoms with Crippen LogP contribution >= 0.6 is 0 Å². The number of ether oxygens (including phenoxy) is 3. The summed E-state index contributed by atoms with van der Waals surface area (Å²) in [6.07, 6.45) is 0. The first kappa shape index (κ1) is 15.6. The number of carbonyl (C=O) groups is 1. The number of fused-ring (bicyclic) bond motifs is 1. The molecule has 0 saturated heterocycles. The van der Waals surface area contributed by atoms with Gasteiger partial charge in [-0.25, -0.2) is 0 Å². The van der Waals surface area contributed by atoms with E-state index in [2.05, 4.69) is 5.32 Å². The van der Waals surface area contributed by atoms with E-state index in [0.717, 1.165) is 0 Å². The van der Waals surface area contributed by atoms with E-state index in [0.29, 0.717) is 28.5 Å². The van der Waals surface area contributed by atoms with Gasteiger partial charge in [-0.1, -0.05) is 0 Å². The van der Waals surface area contributed by atoms with Crippen LogP contribution in [0.4, 0.5) is 11.4 Å². The van der Waals surface area contributed by atoms with Gasteiger partial charge in [0.25, 0.3) is 11.6 Å². The third-order valence-corrected chi connectivity index (χ3v) is 3.38. The van der Waals surface area contributed by atoms with E-state index in [1.807, 2.05) is 0 Å². The van der Waals surface area contributed by atoms with E-state index in [1.54, 1.807) is 25.1 Å². The van der Waals surface area contributed by atoms with Crippen molar-refractivity contribution in [3.05, 3.63) is 52.1 Å². The van der Waals surface area contributed by atoms with Crippen molar-refractivity contribution in [1.82, 2.24) is 0 Å². The highest BCUT2D eigenvalue weighted by molar-refractivity contribution is 5.92. The maximum Gasteiger partial charge on any atom is 0.269 e. The standard InChI is InChI=1S/C16H14N2O6/c1-10-6-12(18(20)21)3-5-13(10)22-8-16(19)17-11-2-4-14-15(7-11)24-9-23-14/h2-7H,8-9H2,1H3,(H,17,19). The number of nitrogens with one attached hydrogen (secondary N) is 1. The minimum absolute atomic E-state index is 0.0235. The highest BCUT2D eigenvalue weighted by Crippen LogP contribution is 2.34. The van der Waals surface area contributed by atoms with Crippen LogP contribution in [0.1, 0.15) is 5.56 Å². The molecule has 0 aromatic heterocycles. The summed E-state index contributed by atoms with van der Waals surface area (Å²) in [7, 11) is 0. The molecule has 0 aliphatic carbocycles. The SMILES string of the molecule is Cc1cc([N+](=O)[O-])ccc1OCC(=O)Nc1ccc2c(c1)OCO2. The number of nitro groups is 1. The number of rotatable bonds is 5. The van der Waals surface area contributed by atoms with Crippen molar-refractivity contribution >= 4 is 17.3 Å². The van der Waals surface area contributed by atoms with Crippen LogP contribution in [0.15, 0.2) is 36.4 Å². The number of nitrogens with zero attached hydrogens (tertiary/aromatic N) is 1. The smallest absolute Gasteiger partial charge is 0.269 e. The molecule has 0 fully saturated rings. The Bertz CT molecular complexity index is 805. The van der Waals surface area contributed by atoms with E-state index in [4.69, 9.17) is 14.2 Å². The molecular formula is C16H14N2O6. The van der Waals surface area contributed by atoms with Crippen LogP contribution in [0.3, 0.4) is 0 Å². The number of non-ortho nitro benzene ring substituents is 1. The molecule has 1 aliphatic rings. The average Bonchev–Trinajstić information content (AvgIpc) is 3.01. The Morgan fingerprint density at radius 2 is 2.04 bits per heavy atom. The van der Waals surface area contributed by atoms with Crippen LogP contribution in [0.5, 0.6) is 17.2 Å². The lowest BCUT2D eigenvalue weighted by Gasteiger charge is -2.10. The summed E-state index contributed by atoms with van der Waals surface area (Å²) in [5, 5.41) is 13.4. The van der Waals surface area contributed by atoms with E-state index in [9.17, 15) is 14.9 Å². The van der Waals surface area contributed by atoms with E-state index < -0.39 is 4.92 Å². The van der Waals surface area contributed by atoms with Crippen LogP contribution in [0.25, 0.3) is 0 Å². The maximum atomic E-state index is 12.0. The molecule has 0 unspecified atom stereocenters. The fourth-order valence-electron chi connectivity index (χ4n) is 2.22. The van der Waals surface area contributed by atoms with E-state index >= 15 is 0 Å². The normalized spacial score (nSPS) is 11.9. The molecule has 1 amide bonds. The monoisotopic (exact) mass is 330 g/mol. The van der Waals surface area contributed by atoms with Gasteiger partial charge in [-0.3, -0.25) is 14.9 Å². The summed E-state index contributed by atoms with van der Waals surface area (Å²) in [4.78, 5) is 22.2. The average molecular weight is 330 g/mol. The van der Waals surface area contributed by atoms with Crippen LogP contribution in [0, 0.1) is 17.0 Å². The Morgan fingerprint density at radius 1 is 1.25 bits per heavy atom. The van der Waals surface area contributed by atoms with Crippen molar-refractivity contribution in [2.45, 2.75) is 6.92 Å². The largest absolute Gasteiger partial charge is 0.483 e. The molecular weight excluding hydrogens is 316 g/mol. The topological polar surface area (TPSA) is 99.9 Å². The predicted octanol–water partition coefficient (Wildman–Crippen LogP) is 2.65. The van der Waals surface area contributed by atoms with Gasteiger partial charge in [0.2, 0.25) is 6.79 Å². The molecule has 8 heteroatoms. The summed E-state index contributed by atoms with van der Waals surface area (Å²) < 4.78 is 15.8. The Balaban J connectivity index is 1.59. The van der Waals surface area contributed by atoms with Crippen LogP contribution in [-0.2, 0) is 4.79 Å². The molecule has 0 bridgehead atoms. The molecule has 1 N–H and O–H groups in total. The van der Waals surface area contributed by atoms with Crippen LogP contribution in [0.2, 0.25) is 0 Å². The fraction of sp³-hybridized carbons (Fsp3) is 0.188. The van der Waals surface area contributed by atoms with E-state index in [-0.39, 0.29) is 25.0 Å². The van der Waals surface area contributed by atoms with Crippen LogP contribution < -0.4 is 19.5 Å². The number of amides is 1. The van der Waals surface area contributed by atoms with Crippen molar-refractivity contribution in [3.8, 4) is 17.2 Å². The molecule has 0 radical (unpaired) electrons. The molecule has 0 atom stereocenters. The molecule has 0 spiro atoms. The van der Waals surface area contributed by atoms with Crippen molar-refractivity contribution in [1.29, 1.82) is 0 Å². The van der Waals surface area contributed by atoms with Gasteiger partial charge in [0.15, 0.2) is 18.1 Å². The van der Waals surface area contributed by atoms with Crippen molar-refractivity contribution in [2.24, 2.45) is 0 Å². The summed E-state index contributed by atoms with van der Waals surface area (Å²) >= 11 is 0. The summed E-state index contributed by atoms with van der Waals surface area (Å²) in [5.41, 5.74) is 1.12. The zero-order valence-corrected chi connectivity index (χ0v) is 12.8. The van der Waals surface area contributed by atoms with Gasteiger partial charge in [0, 0.05) is 23.9 Å². The maximum absolute atomic E-state index is 12.0. The third-order valence-electron chi connectivity index (χ3n) is 3.38. The Labute approximate surface area is 137 Å². The first-order valence-electron chi connectivity index (χ1n) is 7.10. The van der Waals surface area contributed by atoms with Gasteiger partial charge >= 0.3 is 0 Å². The minimum atomic E-state index is -0.483. The zero-order valence-electron chi connectivity index (χ0n) is 12.8. The fourth-order valence-corrected chi connectivity index (χ4v) is 2.22. The lowest BCUT2D eigenvalue weighted by molar-refractivity contribution is -0.384. The highest BCUT2D eigenvalue weighted by Gasteiger charge is 2.15. The van der Waals surface area contributed by atoms with Crippen molar-refractivity contribution in [3.63, 3.8) is 0 Å². The van der Waals surface area contributed by atoms with Gasteiger partial charge in [0.1, 0.15) is 5.75 Å². The summed E-state index contributed by atoms with van der Waals surface area (Å²) in [6.45, 7) is 1.63. The van der Waals surface area contributed by atoms with Gasteiger partial charge in [0.05, 0.1) is 4.92 Å². The molecule has 3 rings (SSSR count). The molecule has 0 saturated carbocycles. The molecule has 2 aromatic carbocycles. The lowest BCUT2D eigenvalue weighted by Crippen LogP contribution is -2.20. The predicted molar refractivity (Wildman–Crippen MR) is 84.5 cm³/mol. The summed E-state index contributed by atoms with van der Waals surface area (Å²) in [6, 6.07) is 9.27. The third kappa shape index (κ3) is 3.37. The molecule has 2 aromatic rings. The number of benzene rings is 2. The van der Waals surface area contributed by atoms with Crippen molar-refractivity contribution < 1.29 is 23.9 Å². The number of anilines is 1. The second kappa shape index (κ2) is 6.45. The number of hydrogen-bond donors (Lipinski definition) is 1. The first-order valence-corrected chi connectivity index (χ1v) is 7.10.